The standard InChI is InChI=1S/C16H30N2O3/c1-6-10(2)9-17-13-12(11-7-8-20-14(11)13)18-15(19)21-16(3,4)5/h10-14,17H,6-9H2,1-5H3,(H,18,19). The summed E-state index contributed by atoms with van der Waals surface area (Å²) in [6.07, 6.45) is 2.09. The Morgan fingerprint density at radius 3 is 2.71 bits per heavy atom. The van der Waals surface area contributed by atoms with Crippen LogP contribution in [0.4, 0.5) is 4.79 Å². The molecule has 1 aliphatic carbocycles. The van der Waals surface area contributed by atoms with Crippen LogP contribution < -0.4 is 10.6 Å². The number of ether oxygens (including phenoxy) is 2. The van der Waals surface area contributed by atoms with Crippen molar-refractivity contribution >= 4 is 6.09 Å². The van der Waals surface area contributed by atoms with Crippen LogP contribution in [0.5, 0.6) is 0 Å². The first-order valence-electron chi connectivity index (χ1n) is 8.16. The van der Waals surface area contributed by atoms with Gasteiger partial charge in [-0.05, 0) is 39.7 Å². The van der Waals surface area contributed by atoms with Crippen LogP contribution in [0.25, 0.3) is 0 Å². The third-order valence-corrected chi connectivity index (χ3v) is 4.47. The van der Waals surface area contributed by atoms with Gasteiger partial charge in [0, 0.05) is 12.5 Å². The number of amides is 1. The van der Waals surface area contributed by atoms with Gasteiger partial charge in [0.25, 0.3) is 0 Å². The maximum Gasteiger partial charge on any atom is 0.407 e. The monoisotopic (exact) mass is 298 g/mol. The normalized spacial score (nSPS) is 33.0. The zero-order valence-corrected chi connectivity index (χ0v) is 13.9. The van der Waals surface area contributed by atoms with Gasteiger partial charge in [0.05, 0.1) is 18.2 Å². The summed E-state index contributed by atoms with van der Waals surface area (Å²) in [5.74, 6) is 1.06. The third-order valence-electron chi connectivity index (χ3n) is 4.47. The van der Waals surface area contributed by atoms with Crippen LogP contribution in [0.1, 0.15) is 47.5 Å². The molecule has 1 saturated heterocycles. The highest BCUT2D eigenvalue weighted by Gasteiger charge is 2.54. The quantitative estimate of drug-likeness (QED) is 0.817. The summed E-state index contributed by atoms with van der Waals surface area (Å²) >= 11 is 0. The Kier molecular flexibility index (Phi) is 5.15. The molecule has 1 aliphatic heterocycles. The van der Waals surface area contributed by atoms with E-state index in [1.807, 2.05) is 20.8 Å². The summed E-state index contributed by atoms with van der Waals surface area (Å²) in [6.45, 7) is 11.8. The molecule has 2 fully saturated rings. The Morgan fingerprint density at radius 1 is 1.38 bits per heavy atom. The summed E-state index contributed by atoms with van der Waals surface area (Å²) in [5.41, 5.74) is -0.459. The molecule has 1 amide bonds. The minimum atomic E-state index is -0.459. The van der Waals surface area contributed by atoms with Crippen LogP contribution in [-0.4, -0.2) is 43.0 Å². The molecule has 0 radical (unpaired) electrons. The molecule has 122 valence electrons. The van der Waals surface area contributed by atoms with Crippen LogP contribution in [0.3, 0.4) is 0 Å². The van der Waals surface area contributed by atoms with Gasteiger partial charge in [-0.1, -0.05) is 20.3 Å². The number of hydrogen-bond acceptors (Lipinski definition) is 4. The molecule has 0 aromatic carbocycles. The van der Waals surface area contributed by atoms with E-state index in [2.05, 4.69) is 24.5 Å². The fraction of sp³-hybridized carbons (Fsp3) is 0.938. The highest BCUT2D eigenvalue weighted by atomic mass is 16.6. The largest absolute Gasteiger partial charge is 0.444 e. The number of carbonyl (C=O) groups excluding carboxylic acids is 1. The van der Waals surface area contributed by atoms with Crippen LogP contribution >= 0.6 is 0 Å². The molecule has 1 heterocycles. The second-order valence-electron chi connectivity index (χ2n) is 7.41. The molecule has 0 spiro atoms. The van der Waals surface area contributed by atoms with Crippen LogP contribution in [0.15, 0.2) is 0 Å². The SMILES string of the molecule is CCC(C)CNC1C(NC(=O)OC(C)(C)C)C2CCOC21. The molecular weight excluding hydrogens is 268 g/mol. The van der Waals surface area contributed by atoms with Crippen molar-refractivity contribution in [3.8, 4) is 0 Å². The van der Waals surface area contributed by atoms with Gasteiger partial charge in [-0.25, -0.2) is 4.79 Å². The predicted molar refractivity (Wildman–Crippen MR) is 82.3 cm³/mol. The molecule has 5 atom stereocenters. The average Bonchev–Trinajstić information content (AvgIpc) is 2.78. The van der Waals surface area contributed by atoms with Crippen LogP contribution in [0.2, 0.25) is 0 Å². The maximum atomic E-state index is 12.0. The zero-order valence-electron chi connectivity index (χ0n) is 13.9. The number of alkyl carbamates (subject to hydrolysis) is 1. The number of rotatable bonds is 5. The van der Waals surface area contributed by atoms with E-state index in [-0.39, 0.29) is 24.3 Å². The smallest absolute Gasteiger partial charge is 0.407 e. The predicted octanol–water partition coefficient (Wildman–Crippen LogP) is 2.30. The molecule has 5 unspecified atom stereocenters. The van der Waals surface area contributed by atoms with Gasteiger partial charge in [0.15, 0.2) is 0 Å². The van der Waals surface area contributed by atoms with Gasteiger partial charge in [-0.3, -0.25) is 0 Å². The van der Waals surface area contributed by atoms with Gasteiger partial charge in [0.1, 0.15) is 5.60 Å². The van der Waals surface area contributed by atoms with Gasteiger partial charge in [-0.2, -0.15) is 0 Å². The second-order valence-corrected chi connectivity index (χ2v) is 7.41. The fourth-order valence-electron chi connectivity index (χ4n) is 3.07. The van der Waals surface area contributed by atoms with Crippen molar-refractivity contribution in [1.29, 1.82) is 0 Å². The number of carbonyl (C=O) groups is 1. The molecule has 5 heteroatoms. The van der Waals surface area contributed by atoms with E-state index >= 15 is 0 Å². The summed E-state index contributed by atoms with van der Waals surface area (Å²) < 4.78 is 11.2. The van der Waals surface area contributed by atoms with Crippen molar-refractivity contribution in [2.24, 2.45) is 11.8 Å². The molecular formula is C16H30N2O3. The van der Waals surface area contributed by atoms with E-state index in [0.29, 0.717) is 11.8 Å². The van der Waals surface area contributed by atoms with E-state index in [1.54, 1.807) is 0 Å². The lowest BCUT2D eigenvalue weighted by molar-refractivity contribution is -0.0346. The van der Waals surface area contributed by atoms with Crippen molar-refractivity contribution < 1.29 is 14.3 Å². The molecule has 0 bridgehead atoms. The first kappa shape index (κ1) is 16.6. The van der Waals surface area contributed by atoms with Crippen molar-refractivity contribution in [1.82, 2.24) is 10.6 Å². The molecule has 2 rings (SSSR count). The third kappa shape index (κ3) is 4.10. The summed E-state index contributed by atoms with van der Waals surface area (Å²) in [6, 6.07) is 0.329. The molecule has 1 saturated carbocycles. The Bertz CT molecular complexity index is 367. The molecule has 5 nitrogen and oxygen atoms in total. The zero-order chi connectivity index (χ0) is 15.6. The van der Waals surface area contributed by atoms with Crippen molar-refractivity contribution in [2.45, 2.75) is 71.2 Å². The molecule has 0 aromatic heterocycles. The van der Waals surface area contributed by atoms with E-state index < -0.39 is 5.60 Å². The lowest BCUT2D eigenvalue weighted by Gasteiger charge is -2.48. The summed E-state index contributed by atoms with van der Waals surface area (Å²) in [4.78, 5) is 12.0. The van der Waals surface area contributed by atoms with Crippen LogP contribution in [-0.2, 0) is 9.47 Å². The van der Waals surface area contributed by atoms with E-state index in [4.69, 9.17) is 9.47 Å². The van der Waals surface area contributed by atoms with Gasteiger partial charge in [-0.15, -0.1) is 0 Å². The van der Waals surface area contributed by atoms with Crippen molar-refractivity contribution in [2.75, 3.05) is 13.2 Å². The van der Waals surface area contributed by atoms with Gasteiger partial charge >= 0.3 is 6.09 Å². The number of nitrogens with one attached hydrogen (secondary N) is 2. The summed E-state index contributed by atoms with van der Waals surface area (Å²) in [7, 11) is 0. The Labute approximate surface area is 128 Å². The minimum absolute atomic E-state index is 0.122. The topological polar surface area (TPSA) is 59.6 Å². The average molecular weight is 298 g/mol. The first-order valence-corrected chi connectivity index (χ1v) is 8.16. The highest BCUT2D eigenvalue weighted by Crippen LogP contribution is 2.39. The number of hydrogen-bond donors (Lipinski definition) is 2. The lowest BCUT2D eigenvalue weighted by atomic mass is 9.71. The Morgan fingerprint density at radius 2 is 2.10 bits per heavy atom. The van der Waals surface area contributed by atoms with Crippen LogP contribution in [0, 0.1) is 11.8 Å². The van der Waals surface area contributed by atoms with E-state index in [9.17, 15) is 4.79 Å². The van der Waals surface area contributed by atoms with Crippen molar-refractivity contribution in [3.63, 3.8) is 0 Å². The minimum Gasteiger partial charge on any atom is -0.444 e. The lowest BCUT2D eigenvalue weighted by Crippen LogP contribution is -2.70. The van der Waals surface area contributed by atoms with Gasteiger partial charge < -0.3 is 20.1 Å². The maximum absolute atomic E-state index is 12.0. The fourth-order valence-corrected chi connectivity index (χ4v) is 3.07. The van der Waals surface area contributed by atoms with Gasteiger partial charge in [0.2, 0.25) is 0 Å². The van der Waals surface area contributed by atoms with Crippen molar-refractivity contribution in [3.05, 3.63) is 0 Å². The van der Waals surface area contributed by atoms with E-state index in [1.165, 1.54) is 0 Å². The van der Waals surface area contributed by atoms with E-state index in [0.717, 1.165) is 26.0 Å². The summed E-state index contributed by atoms with van der Waals surface area (Å²) in [5, 5.41) is 6.60. The molecule has 0 aromatic rings. The highest BCUT2D eigenvalue weighted by molar-refractivity contribution is 5.68. The number of fused-ring (bicyclic) bond motifs is 1. The molecule has 2 N–H and O–H groups in total. The Balaban J connectivity index is 1.88. The molecule has 2 aliphatic rings. The Hall–Kier alpha value is -0.810. The molecule has 21 heavy (non-hydrogen) atoms. The second kappa shape index (κ2) is 6.53. The first-order chi connectivity index (χ1) is 9.81.